The first-order valence-corrected chi connectivity index (χ1v) is 7.66. The van der Waals surface area contributed by atoms with Gasteiger partial charge in [0.25, 0.3) is 0 Å². The quantitative estimate of drug-likeness (QED) is 0.524. The molecule has 0 fully saturated rings. The van der Waals surface area contributed by atoms with Crippen LogP contribution < -0.4 is 0 Å². The van der Waals surface area contributed by atoms with Crippen molar-refractivity contribution < 1.29 is 8.42 Å². The van der Waals surface area contributed by atoms with Crippen LogP contribution in [0.1, 0.15) is 19.3 Å². The van der Waals surface area contributed by atoms with Crippen molar-refractivity contribution in [2.75, 3.05) is 12.0 Å². The summed E-state index contributed by atoms with van der Waals surface area (Å²) in [4.78, 5) is 0. The molecule has 1 rings (SSSR count). The summed E-state index contributed by atoms with van der Waals surface area (Å²) in [6, 6.07) is 0. The van der Waals surface area contributed by atoms with Crippen molar-refractivity contribution in [3.63, 3.8) is 0 Å². The summed E-state index contributed by atoms with van der Waals surface area (Å²) in [5, 5.41) is 0. The molecule has 0 N–H and O–H groups in total. The summed E-state index contributed by atoms with van der Waals surface area (Å²) in [6.07, 6.45) is 10.6. The molecule has 0 bridgehead atoms. The third kappa shape index (κ3) is 5.16. The molecule has 0 saturated carbocycles. The maximum absolute atomic E-state index is 10.8. The second-order valence-electron chi connectivity index (χ2n) is 3.09. The van der Waals surface area contributed by atoms with Gasteiger partial charge in [-0.25, -0.2) is 8.42 Å². The molecule has 0 unspecified atom stereocenters. The highest BCUT2D eigenvalue weighted by molar-refractivity contribution is 8.71. The predicted molar refractivity (Wildman–Crippen MR) is 58.4 cm³/mol. The number of allylic oxidation sites excluding steroid dienone is 4. The first-order valence-electron chi connectivity index (χ1n) is 4.27. The maximum Gasteiger partial charge on any atom is 0.198 e. The molecule has 1 aliphatic rings. The van der Waals surface area contributed by atoms with Gasteiger partial charge in [0.1, 0.15) is 0 Å². The van der Waals surface area contributed by atoms with Gasteiger partial charge in [-0.1, -0.05) is 23.8 Å². The van der Waals surface area contributed by atoms with Crippen LogP contribution >= 0.6 is 10.8 Å². The first-order chi connectivity index (χ1) is 6.08. The lowest BCUT2D eigenvalue weighted by atomic mass is 10.1. The van der Waals surface area contributed by atoms with E-state index in [2.05, 4.69) is 18.2 Å². The predicted octanol–water partition coefficient (Wildman–Crippen LogP) is 2.35. The highest BCUT2D eigenvalue weighted by Gasteiger charge is 2.03. The molecule has 2 nitrogen and oxygen atoms in total. The second-order valence-corrected chi connectivity index (χ2v) is 7.66. The first kappa shape index (κ1) is 10.9. The number of rotatable bonds is 5. The lowest BCUT2D eigenvalue weighted by Gasteiger charge is -2.00. The summed E-state index contributed by atoms with van der Waals surface area (Å²) in [5.41, 5.74) is 1.41. The van der Waals surface area contributed by atoms with Gasteiger partial charge in [-0.05, 0) is 30.1 Å². The Morgan fingerprint density at radius 2 is 2.31 bits per heavy atom. The standard InChI is InChI=1S/C9H14O2S2/c1-13(10,11)12-8-4-7-9-5-2-3-6-9/h2-3,5H,4,6-8H2,1H3. The van der Waals surface area contributed by atoms with E-state index in [0.717, 1.165) is 30.1 Å². The van der Waals surface area contributed by atoms with Crippen LogP contribution in [0.2, 0.25) is 0 Å². The van der Waals surface area contributed by atoms with Crippen LogP contribution in [-0.2, 0) is 8.87 Å². The number of hydrogen-bond donors (Lipinski definition) is 0. The van der Waals surface area contributed by atoms with E-state index in [1.807, 2.05) is 0 Å². The van der Waals surface area contributed by atoms with Gasteiger partial charge >= 0.3 is 0 Å². The fourth-order valence-corrected chi connectivity index (χ4v) is 3.01. The van der Waals surface area contributed by atoms with Gasteiger partial charge in [0, 0.05) is 12.0 Å². The Bertz CT molecular complexity index is 313. The van der Waals surface area contributed by atoms with Crippen LogP contribution in [0.15, 0.2) is 23.8 Å². The summed E-state index contributed by atoms with van der Waals surface area (Å²) >= 11 is 0. The van der Waals surface area contributed by atoms with Gasteiger partial charge in [0.15, 0.2) is 8.87 Å². The van der Waals surface area contributed by atoms with E-state index in [9.17, 15) is 8.42 Å². The summed E-state index contributed by atoms with van der Waals surface area (Å²) < 4.78 is 21.5. The normalized spacial score (nSPS) is 16.2. The van der Waals surface area contributed by atoms with Crippen molar-refractivity contribution >= 4 is 19.7 Å². The van der Waals surface area contributed by atoms with Crippen LogP contribution in [0.25, 0.3) is 0 Å². The van der Waals surface area contributed by atoms with Gasteiger partial charge in [0.2, 0.25) is 0 Å². The molecule has 1 aliphatic carbocycles. The number of hydrogen-bond acceptors (Lipinski definition) is 3. The van der Waals surface area contributed by atoms with Gasteiger partial charge in [-0.3, -0.25) is 0 Å². The van der Waals surface area contributed by atoms with Crippen LogP contribution in [0, 0.1) is 0 Å². The largest absolute Gasteiger partial charge is 0.218 e. The van der Waals surface area contributed by atoms with Gasteiger partial charge in [-0.2, -0.15) is 0 Å². The van der Waals surface area contributed by atoms with Crippen LogP contribution in [0.4, 0.5) is 0 Å². The summed E-state index contributed by atoms with van der Waals surface area (Å²) in [6.45, 7) is 0. The maximum atomic E-state index is 10.8. The SMILES string of the molecule is CS(=O)(=O)SCCCC1=CC=CC1. The fraction of sp³-hybridized carbons (Fsp3) is 0.556. The molecule has 0 aromatic carbocycles. The van der Waals surface area contributed by atoms with Gasteiger partial charge in [0.05, 0.1) is 0 Å². The zero-order valence-corrected chi connectivity index (χ0v) is 9.33. The van der Waals surface area contributed by atoms with E-state index >= 15 is 0 Å². The molecule has 13 heavy (non-hydrogen) atoms. The lowest BCUT2D eigenvalue weighted by Crippen LogP contribution is -1.91. The van der Waals surface area contributed by atoms with E-state index in [-0.39, 0.29) is 0 Å². The molecule has 0 spiro atoms. The third-order valence-electron chi connectivity index (χ3n) is 1.79. The fourth-order valence-electron chi connectivity index (χ4n) is 1.19. The highest BCUT2D eigenvalue weighted by atomic mass is 33.1. The minimum Gasteiger partial charge on any atom is -0.218 e. The molecule has 0 aliphatic heterocycles. The van der Waals surface area contributed by atoms with Crippen molar-refractivity contribution in [2.45, 2.75) is 19.3 Å². The van der Waals surface area contributed by atoms with E-state index < -0.39 is 8.87 Å². The van der Waals surface area contributed by atoms with E-state index in [4.69, 9.17) is 0 Å². The van der Waals surface area contributed by atoms with E-state index in [0.29, 0.717) is 5.75 Å². The van der Waals surface area contributed by atoms with Crippen LogP contribution in [-0.4, -0.2) is 20.4 Å². The lowest BCUT2D eigenvalue weighted by molar-refractivity contribution is 0.615. The third-order valence-corrected chi connectivity index (χ3v) is 4.46. The Morgan fingerprint density at radius 3 is 2.85 bits per heavy atom. The van der Waals surface area contributed by atoms with Crippen molar-refractivity contribution in [3.05, 3.63) is 23.8 Å². The summed E-state index contributed by atoms with van der Waals surface area (Å²) in [7, 11) is -1.80. The Balaban J connectivity index is 2.08. The smallest absolute Gasteiger partial charge is 0.198 e. The molecule has 4 heteroatoms. The monoisotopic (exact) mass is 218 g/mol. The Hall–Kier alpha value is -0.220. The molecule has 0 saturated heterocycles. The van der Waals surface area contributed by atoms with Crippen LogP contribution in [0.3, 0.4) is 0 Å². The Kier molecular flexibility index (Phi) is 4.06. The average Bonchev–Trinajstić information content (AvgIpc) is 2.48. The Labute approximate surface area is 83.4 Å². The molecule has 0 radical (unpaired) electrons. The van der Waals surface area contributed by atoms with E-state index in [1.54, 1.807) is 0 Å². The second kappa shape index (κ2) is 4.86. The molecule has 0 amide bonds. The molecule has 0 aromatic heterocycles. The molecule has 0 aromatic rings. The zero-order chi connectivity index (χ0) is 9.73. The Morgan fingerprint density at radius 1 is 1.54 bits per heavy atom. The van der Waals surface area contributed by atoms with Crippen LogP contribution in [0.5, 0.6) is 0 Å². The molecule has 0 heterocycles. The zero-order valence-electron chi connectivity index (χ0n) is 7.69. The van der Waals surface area contributed by atoms with Crippen molar-refractivity contribution in [3.8, 4) is 0 Å². The minimum absolute atomic E-state index is 0.705. The van der Waals surface area contributed by atoms with Gasteiger partial charge < -0.3 is 0 Å². The highest BCUT2D eigenvalue weighted by Crippen LogP contribution is 2.19. The topological polar surface area (TPSA) is 34.1 Å². The molecular weight excluding hydrogens is 204 g/mol. The van der Waals surface area contributed by atoms with Crippen molar-refractivity contribution in [1.29, 1.82) is 0 Å². The van der Waals surface area contributed by atoms with Crippen molar-refractivity contribution in [2.24, 2.45) is 0 Å². The van der Waals surface area contributed by atoms with Crippen molar-refractivity contribution in [1.82, 2.24) is 0 Å². The molecular formula is C9H14O2S2. The molecule has 74 valence electrons. The summed E-state index contributed by atoms with van der Waals surface area (Å²) in [5.74, 6) is 0.705. The minimum atomic E-state index is -2.84. The average molecular weight is 218 g/mol. The molecule has 0 atom stereocenters. The van der Waals surface area contributed by atoms with E-state index in [1.165, 1.54) is 11.8 Å². The van der Waals surface area contributed by atoms with Gasteiger partial charge in [-0.15, -0.1) is 0 Å².